The van der Waals surface area contributed by atoms with Crippen LogP contribution in [0.15, 0.2) is 18.2 Å². The van der Waals surface area contributed by atoms with Crippen LogP contribution in [0.5, 0.6) is 0 Å². The van der Waals surface area contributed by atoms with Gasteiger partial charge in [0.15, 0.2) is 5.92 Å². The molecule has 0 aliphatic rings. The van der Waals surface area contributed by atoms with Crippen molar-refractivity contribution in [2.45, 2.75) is 31.7 Å². The Morgan fingerprint density at radius 2 is 1.33 bits per heavy atom. The minimum Gasteiger partial charge on any atom is -0.480 e. The Kier molecular flexibility index (Phi) is 8.84. The van der Waals surface area contributed by atoms with Gasteiger partial charge in [-0.2, -0.15) is 26.3 Å². The highest BCUT2D eigenvalue weighted by molar-refractivity contribution is 5.96. The standard InChI is InChI=1S/C19H19F6NO7/c1-8(13(16(30)32-2)17(31)33-3)14(15(28)29)26-12(27)6-9-4-10(18(20,21)22)7-11(5-9)19(23,24)25/h4-5,7-8,13-14H,6H2,1-3H3,(H,26,27)(H,28,29)/t8-,14+/m0/s1. The first-order valence-corrected chi connectivity index (χ1v) is 8.99. The van der Waals surface area contributed by atoms with Crippen molar-refractivity contribution in [3.05, 3.63) is 34.9 Å². The van der Waals surface area contributed by atoms with Crippen LogP contribution in [0.4, 0.5) is 26.3 Å². The molecule has 0 spiro atoms. The molecule has 0 aliphatic carbocycles. The molecule has 0 aliphatic heterocycles. The summed E-state index contributed by atoms with van der Waals surface area (Å²) in [5, 5.41) is 11.3. The lowest BCUT2D eigenvalue weighted by molar-refractivity contribution is -0.163. The molecule has 184 valence electrons. The lowest BCUT2D eigenvalue weighted by Gasteiger charge is -2.26. The highest BCUT2D eigenvalue weighted by atomic mass is 19.4. The van der Waals surface area contributed by atoms with E-state index in [0.717, 1.165) is 21.1 Å². The van der Waals surface area contributed by atoms with Crippen LogP contribution in [0.3, 0.4) is 0 Å². The van der Waals surface area contributed by atoms with Crippen LogP contribution in [0, 0.1) is 11.8 Å². The second-order valence-electron chi connectivity index (χ2n) is 6.86. The first kappa shape index (κ1) is 27.7. The average molecular weight is 487 g/mol. The van der Waals surface area contributed by atoms with E-state index in [-0.39, 0.29) is 6.07 Å². The number of esters is 2. The van der Waals surface area contributed by atoms with Gasteiger partial charge < -0.3 is 19.9 Å². The number of halogens is 6. The largest absolute Gasteiger partial charge is 0.480 e. The van der Waals surface area contributed by atoms with Gasteiger partial charge in [-0.3, -0.25) is 14.4 Å². The van der Waals surface area contributed by atoms with Gasteiger partial charge in [-0.05, 0) is 23.8 Å². The fourth-order valence-electron chi connectivity index (χ4n) is 2.92. The quantitative estimate of drug-likeness (QED) is 0.329. The van der Waals surface area contributed by atoms with Gasteiger partial charge in [0.1, 0.15) is 6.04 Å². The Labute approximate surface area is 182 Å². The third-order valence-corrected chi connectivity index (χ3v) is 4.56. The van der Waals surface area contributed by atoms with Gasteiger partial charge in [0.05, 0.1) is 31.8 Å². The van der Waals surface area contributed by atoms with Gasteiger partial charge in [0.2, 0.25) is 5.91 Å². The van der Waals surface area contributed by atoms with E-state index in [1.54, 1.807) is 0 Å². The SMILES string of the molecule is COC(=O)C(C(=O)OC)[C@H](C)[C@@H](NC(=O)Cc1cc(C(F)(F)F)cc(C(F)(F)F)c1)C(=O)O. The van der Waals surface area contributed by atoms with Crippen molar-refractivity contribution in [1.29, 1.82) is 0 Å². The molecule has 8 nitrogen and oxygen atoms in total. The summed E-state index contributed by atoms with van der Waals surface area (Å²) >= 11 is 0. The van der Waals surface area contributed by atoms with Crippen LogP contribution in [-0.4, -0.2) is 49.2 Å². The van der Waals surface area contributed by atoms with Crippen molar-refractivity contribution < 1.29 is 60.1 Å². The molecule has 0 saturated heterocycles. The Morgan fingerprint density at radius 1 is 0.909 bits per heavy atom. The highest BCUT2D eigenvalue weighted by Gasteiger charge is 2.42. The number of methoxy groups -OCH3 is 2. The van der Waals surface area contributed by atoms with Crippen molar-refractivity contribution >= 4 is 23.8 Å². The third kappa shape index (κ3) is 7.36. The molecule has 2 atom stereocenters. The highest BCUT2D eigenvalue weighted by Crippen LogP contribution is 2.36. The molecule has 1 amide bonds. The van der Waals surface area contributed by atoms with E-state index in [4.69, 9.17) is 0 Å². The zero-order valence-electron chi connectivity index (χ0n) is 17.3. The smallest absolute Gasteiger partial charge is 0.416 e. The fraction of sp³-hybridized carbons (Fsp3) is 0.474. The van der Waals surface area contributed by atoms with Crippen LogP contribution in [0.25, 0.3) is 0 Å². The maximum absolute atomic E-state index is 13.0. The summed E-state index contributed by atoms with van der Waals surface area (Å²) in [6.45, 7) is 1.09. The number of ether oxygens (including phenoxy) is 2. The summed E-state index contributed by atoms with van der Waals surface area (Å²) < 4.78 is 86.7. The zero-order valence-corrected chi connectivity index (χ0v) is 17.3. The van der Waals surface area contributed by atoms with Crippen LogP contribution >= 0.6 is 0 Å². The van der Waals surface area contributed by atoms with Gasteiger partial charge in [-0.15, -0.1) is 0 Å². The summed E-state index contributed by atoms with van der Waals surface area (Å²) in [5.74, 6) is -8.60. The van der Waals surface area contributed by atoms with Crippen molar-refractivity contribution in [1.82, 2.24) is 5.32 Å². The number of aliphatic carboxylic acids is 1. The van der Waals surface area contributed by atoms with Crippen LogP contribution in [0.1, 0.15) is 23.6 Å². The lowest BCUT2D eigenvalue weighted by Crippen LogP contribution is -2.50. The molecule has 0 fully saturated rings. The number of amides is 1. The molecular weight excluding hydrogens is 468 g/mol. The number of benzene rings is 1. The molecule has 0 heterocycles. The van der Waals surface area contributed by atoms with Gasteiger partial charge in [-0.1, -0.05) is 6.92 Å². The monoisotopic (exact) mass is 487 g/mol. The number of hydrogen-bond donors (Lipinski definition) is 2. The van der Waals surface area contributed by atoms with Crippen molar-refractivity contribution in [2.75, 3.05) is 14.2 Å². The lowest BCUT2D eigenvalue weighted by atomic mass is 9.87. The molecule has 1 aromatic carbocycles. The van der Waals surface area contributed by atoms with Crippen molar-refractivity contribution in [3.63, 3.8) is 0 Å². The number of carboxylic acid groups (broad SMARTS) is 1. The van der Waals surface area contributed by atoms with Gasteiger partial charge in [0, 0.05) is 5.92 Å². The summed E-state index contributed by atoms with van der Waals surface area (Å²) in [6, 6.07) is -1.42. The maximum Gasteiger partial charge on any atom is 0.416 e. The second kappa shape index (κ2) is 10.5. The minimum atomic E-state index is -5.14. The molecule has 0 aromatic heterocycles. The van der Waals surface area contributed by atoms with Crippen LogP contribution in [-0.2, 0) is 47.4 Å². The molecule has 33 heavy (non-hydrogen) atoms. The number of carbonyl (C=O) groups excluding carboxylic acids is 3. The van der Waals surface area contributed by atoms with Crippen molar-refractivity contribution in [2.24, 2.45) is 11.8 Å². The van der Waals surface area contributed by atoms with E-state index in [1.807, 2.05) is 5.32 Å². The fourth-order valence-corrected chi connectivity index (χ4v) is 2.92. The number of nitrogens with one attached hydrogen (secondary N) is 1. The summed E-state index contributed by atoms with van der Waals surface area (Å²) in [7, 11) is 1.82. The Morgan fingerprint density at radius 3 is 1.67 bits per heavy atom. The van der Waals surface area contributed by atoms with E-state index in [1.165, 1.54) is 0 Å². The number of carboxylic acids is 1. The van der Waals surface area contributed by atoms with Crippen molar-refractivity contribution in [3.8, 4) is 0 Å². The maximum atomic E-state index is 13.0. The normalized spacial score (nSPS) is 13.8. The summed E-state index contributed by atoms with van der Waals surface area (Å²) in [6.07, 6.45) is -11.3. The predicted molar refractivity (Wildman–Crippen MR) is 96.4 cm³/mol. The molecule has 1 rings (SSSR count). The topological polar surface area (TPSA) is 119 Å². The van der Waals surface area contributed by atoms with E-state index in [0.29, 0.717) is 12.1 Å². The number of carbonyl (C=O) groups is 4. The molecule has 0 radical (unpaired) electrons. The average Bonchev–Trinajstić information content (AvgIpc) is 2.69. The number of rotatable bonds is 8. The third-order valence-electron chi connectivity index (χ3n) is 4.56. The van der Waals surface area contributed by atoms with Crippen LogP contribution in [0.2, 0.25) is 0 Å². The van der Waals surface area contributed by atoms with Gasteiger partial charge in [-0.25, -0.2) is 4.79 Å². The molecule has 2 N–H and O–H groups in total. The molecule has 0 unspecified atom stereocenters. The Balaban J connectivity index is 3.23. The number of hydrogen-bond acceptors (Lipinski definition) is 6. The molecule has 0 saturated carbocycles. The van der Waals surface area contributed by atoms with Gasteiger partial charge in [0.25, 0.3) is 0 Å². The van der Waals surface area contributed by atoms with E-state index in [2.05, 4.69) is 9.47 Å². The second-order valence-corrected chi connectivity index (χ2v) is 6.86. The van der Waals surface area contributed by atoms with E-state index >= 15 is 0 Å². The number of alkyl halides is 6. The Bertz CT molecular complexity index is 865. The minimum absolute atomic E-state index is 0.124. The van der Waals surface area contributed by atoms with Gasteiger partial charge >= 0.3 is 30.3 Å². The predicted octanol–water partition coefficient (Wildman–Crippen LogP) is 2.43. The molecule has 0 bridgehead atoms. The van der Waals surface area contributed by atoms with E-state index < -0.39 is 77.2 Å². The zero-order chi connectivity index (χ0) is 25.7. The molecule has 14 heteroatoms. The van der Waals surface area contributed by atoms with E-state index in [9.17, 15) is 50.6 Å². The summed E-state index contributed by atoms with van der Waals surface area (Å²) in [5.41, 5.74) is -4.00. The summed E-state index contributed by atoms with van der Waals surface area (Å²) in [4.78, 5) is 47.7. The van der Waals surface area contributed by atoms with Crippen LogP contribution < -0.4 is 5.32 Å². The molecular formula is C19H19F6NO7. The Hall–Kier alpha value is -3.32. The molecule has 1 aromatic rings. The first-order chi connectivity index (χ1) is 15.0. The first-order valence-electron chi connectivity index (χ1n) is 8.99.